The molecule has 130 valence electrons. The van der Waals surface area contributed by atoms with E-state index in [0.717, 1.165) is 16.8 Å². The first-order valence-corrected chi connectivity index (χ1v) is 7.78. The maximum Gasteiger partial charge on any atom is 0.175 e. The summed E-state index contributed by atoms with van der Waals surface area (Å²) in [6.45, 7) is -0.243. The summed E-state index contributed by atoms with van der Waals surface area (Å²) in [5, 5.41) is 23.3. The third-order valence-electron chi connectivity index (χ3n) is 3.62. The highest BCUT2D eigenvalue weighted by Crippen LogP contribution is 2.18. The van der Waals surface area contributed by atoms with Gasteiger partial charge in [0, 0.05) is 0 Å². The normalized spacial score (nSPS) is 12.0. The molecule has 0 unspecified atom stereocenters. The number of nitrogens with one attached hydrogen (secondary N) is 1. The predicted octanol–water partition coefficient (Wildman–Crippen LogP) is 3.41. The van der Waals surface area contributed by atoms with Crippen LogP contribution >= 0.6 is 0 Å². The van der Waals surface area contributed by atoms with E-state index in [-0.39, 0.29) is 23.8 Å². The van der Waals surface area contributed by atoms with Crippen molar-refractivity contribution < 1.29 is 14.7 Å². The van der Waals surface area contributed by atoms with Gasteiger partial charge in [-0.05, 0) is 42.0 Å². The largest absolute Gasteiger partial charge is 0.507 e. The Bertz CT molecular complexity index is 965. The van der Waals surface area contributed by atoms with Crippen molar-refractivity contribution in [3.05, 3.63) is 65.7 Å². The van der Waals surface area contributed by atoms with Crippen molar-refractivity contribution in [2.24, 2.45) is 5.16 Å². The highest BCUT2D eigenvalue weighted by molar-refractivity contribution is 5.82. The standard InChI is InChI=1S/C19H16N4O3/c1-25-14-8-6-13(7-9-14)11-21-26-12-18(24)15(10-20)19-22-16-4-2-3-5-17(16)23-19/h2-9,11,24H,12H2,1H3,(H,22,23)/b18-15-,21-11?. The fourth-order valence-electron chi connectivity index (χ4n) is 2.28. The lowest BCUT2D eigenvalue weighted by molar-refractivity contribution is 0.139. The van der Waals surface area contributed by atoms with Gasteiger partial charge >= 0.3 is 0 Å². The van der Waals surface area contributed by atoms with Gasteiger partial charge in [-0.2, -0.15) is 5.26 Å². The lowest BCUT2D eigenvalue weighted by Crippen LogP contribution is -1.99. The van der Waals surface area contributed by atoms with Crippen LogP contribution in [0.2, 0.25) is 0 Å². The average molecular weight is 348 g/mol. The summed E-state index contributed by atoms with van der Waals surface area (Å²) in [7, 11) is 1.59. The Labute approximate surface area is 149 Å². The first-order chi connectivity index (χ1) is 12.7. The molecule has 0 saturated carbocycles. The minimum absolute atomic E-state index is 0.0147. The Morgan fingerprint density at radius 1 is 1.27 bits per heavy atom. The number of aromatic amines is 1. The number of rotatable bonds is 6. The number of ether oxygens (including phenoxy) is 1. The molecule has 3 aromatic rings. The molecule has 0 atom stereocenters. The van der Waals surface area contributed by atoms with Crippen molar-refractivity contribution >= 4 is 22.8 Å². The molecule has 0 aliphatic carbocycles. The zero-order valence-electron chi connectivity index (χ0n) is 14.0. The number of aromatic nitrogens is 2. The van der Waals surface area contributed by atoms with Gasteiger partial charge in [0.15, 0.2) is 18.2 Å². The zero-order chi connectivity index (χ0) is 18.4. The van der Waals surface area contributed by atoms with E-state index in [1.165, 1.54) is 6.21 Å². The molecule has 0 aliphatic rings. The van der Waals surface area contributed by atoms with E-state index in [9.17, 15) is 10.4 Å². The van der Waals surface area contributed by atoms with Gasteiger partial charge in [-0.15, -0.1) is 0 Å². The average Bonchev–Trinajstić information content (AvgIpc) is 3.10. The molecule has 2 aromatic carbocycles. The maximum absolute atomic E-state index is 10.1. The van der Waals surface area contributed by atoms with E-state index in [1.807, 2.05) is 42.5 Å². The number of aliphatic hydroxyl groups excluding tert-OH is 1. The van der Waals surface area contributed by atoms with E-state index < -0.39 is 0 Å². The molecule has 0 aliphatic heterocycles. The molecule has 26 heavy (non-hydrogen) atoms. The monoisotopic (exact) mass is 348 g/mol. The van der Waals surface area contributed by atoms with Crippen LogP contribution in [-0.2, 0) is 4.84 Å². The molecule has 2 N–H and O–H groups in total. The molecule has 0 bridgehead atoms. The number of oxime groups is 1. The Morgan fingerprint density at radius 3 is 2.73 bits per heavy atom. The molecule has 1 aromatic heterocycles. The number of hydrogen-bond donors (Lipinski definition) is 2. The first-order valence-electron chi connectivity index (χ1n) is 7.78. The van der Waals surface area contributed by atoms with Crippen LogP contribution < -0.4 is 4.74 Å². The van der Waals surface area contributed by atoms with Crippen molar-refractivity contribution in [3.63, 3.8) is 0 Å². The van der Waals surface area contributed by atoms with Gasteiger partial charge in [-0.25, -0.2) is 4.98 Å². The molecular formula is C19H16N4O3. The van der Waals surface area contributed by atoms with Gasteiger partial charge in [0.2, 0.25) is 0 Å². The van der Waals surface area contributed by atoms with E-state index in [1.54, 1.807) is 19.2 Å². The van der Waals surface area contributed by atoms with Crippen LogP contribution in [0.3, 0.4) is 0 Å². The van der Waals surface area contributed by atoms with E-state index in [2.05, 4.69) is 15.1 Å². The third-order valence-corrected chi connectivity index (χ3v) is 3.62. The summed E-state index contributed by atoms with van der Waals surface area (Å²) in [6, 6.07) is 16.5. The van der Waals surface area contributed by atoms with Gasteiger partial charge in [0.1, 0.15) is 17.4 Å². The molecule has 0 amide bonds. The van der Waals surface area contributed by atoms with E-state index in [4.69, 9.17) is 9.57 Å². The summed E-state index contributed by atoms with van der Waals surface area (Å²) in [5.41, 5.74) is 2.32. The van der Waals surface area contributed by atoms with E-state index >= 15 is 0 Å². The van der Waals surface area contributed by atoms with Crippen molar-refractivity contribution in [3.8, 4) is 11.8 Å². The molecular weight excluding hydrogens is 332 g/mol. The summed E-state index contributed by atoms with van der Waals surface area (Å²) in [4.78, 5) is 12.4. The number of allylic oxidation sites excluding steroid dienone is 1. The number of aliphatic hydroxyl groups is 1. The van der Waals surface area contributed by atoms with Gasteiger partial charge < -0.3 is 19.7 Å². The summed E-state index contributed by atoms with van der Waals surface area (Å²) in [5.74, 6) is 0.778. The molecule has 0 radical (unpaired) electrons. The van der Waals surface area contributed by atoms with Crippen LogP contribution in [0.1, 0.15) is 11.4 Å². The molecule has 0 fully saturated rings. The van der Waals surface area contributed by atoms with Crippen LogP contribution in [0.15, 0.2) is 59.4 Å². The second-order valence-electron chi connectivity index (χ2n) is 5.32. The van der Waals surface area contributed by atoms with Crippen LogP contribution in [0.5, 0.6) is 5.75 Å². The third kappa shape index (κ3) is 3.82. The second kappa shape index (κ2) is 7.85. The van der Waals surface area contributed by atoms with Crippen molar-refractivity contribution in [2.75, 3.05) is 13.7 Å². The highest BCUT2D eigenvalue weighted by Gasteiger charge is 2.13. The smallest absolute Gasteiger partial charge is 0.175 e. The summed E-state index contributed by atoms with van der Waals surface area (Å²) >= 11 is 0. The fourth-order valence-corrected chi connectivity index (χ4v) is 2.28. The molecule has 3 rings (SSSR count). The minimum Gasteiger partial charge on any atom is -0.507 e. The van der Waals surface area contributed by atoms with Crippen LogP contribution in [-0.4, -0.2) is 35.0 Å². The predicted molar refractivity (Wildman–Crippen MR) is 97.8 cm³/mol. The topological polar surface area (TPSA) is 104 Å². The van der Waals surface area contributed by atoms with Gasteiger partial charge in [-0.3, -0.25) is 0 Å². The molecule has 7 nitrogen and oxygen atoms in total. The van der Waals surface area contributed by atoms with Crippen LogP contribution in [0, 0.1) is 11.3 Å². The maximum atomic E-state index is 10.1. The van der Waals surface area contributed by atoms with Crippen molar-refractivity contribution in [2.45, 2.75) is 0 Å². The molecule has 1 heterocycles. The summed E-state index contributed by atoms with van der Waals surface area (Å²) < 4.78 is 5.07. The Hall–Kier alpha value is -3.79. The van der Waals surface area contributed by atoms with Gasteiger partial charge in [-0.1, -0.05) is 17.3 Å². The van der Waals surface area contributed by atoms with Crippen LogP contribution in [0.25, 0.3) is 16.6 Å². The minimum atomic E-state index is -0.251. The summed E-state index contributed by atoms with van der Waals surface area (Å²) in [6.07, 6.45) is 1.50. The Kier molecular flexibility index (Phi) is 5.15. The number of benzene rings is 2. The number of methoxy groups -OCH3 is 1. The van der Waals surface area contributed by atoms with Gasteiger partial charge in [0.05, 0.1) is 24.4 Å². The quantitative estimate of drug-likeness (QED) is 0.307. The van der Waals surface area contributed by atoms with Crippen molar-refractivity contribution in [1.82, 2.24) is 9.97 Å². The number of fused-ring (bicyclic) bond motifs is 1. The number of para-hydroxylation sites is 2. The first kappa shape index (κ1) is 17.0. The Morgan fingerprint density at radius 2 is 2.04 bits per heavy atom. The highest BCUT2D eigenvalue weighted by atomic mass is 16.6. The number of H-pyrrole nitrogens is 1. The fraction of sp³-hybridized carbons (Fsp3) is 0.105. The SMILES string of the molecule is COc1ccc(C=NOC/C(O)=C(\C#N)c2nc3ccccc3[nH]2)cc1. The number of nitriles is 1. The van der Waals surface area contributed by atoms with E-state index in [0.29, 0.717) is 5.52 Å². The molecule has 0 spiro atoms. The number of hydrogen-bond acceptors (Lipinski definition) is 6. The molecule has 7 heteroatoms. The number of nitrogens with zero attached hydrogens (tertiary/aromatic N) is 3. The second-order valence-corrected chi connectivity index (χ2v) is 5.32. The Balaban J connectivity index is 1.68. The van der Waals surface area contributed by atoms with Gasteiger partial charge in [0.25, 0.3) is 0 Å². The number of imidazole rings is 1. The zero-order valence-corrected chi connectivity index (χ0v) is 14.0. The lowest BCUT2D eigenvalue weighted by atomic mass is 10.2. The van der Waals surface area contributed by atoms with Crippen molar-refractivity contribution in [1.29, 1.82) is 5.26 Å². The lowest BCUT2D eigenvalue weighted by Gasteiger charge is -2.01. The molecule has 0 saturated heterocycles. The van der Waals surface area contributed by atoms with Crippen LogP contribution in [0.4, 0.5) is 0 Å².